The normalized spacial score (nSPS) is 25.3. The molecule has 2 aliphatic rings. The first kappa shape index (κ1) is 14.7. The van der Waals surface area contributed by atoms with Crippen LogP contribution in [0.3, 0.4) is 0 Å². The predicted molar refractivity (Wildman–Crippen MR) is 90.6 cm³/mol. The molecule has 2 saturated heterocycles. The Hall–Kier alpha value is -1.91. The van der Waals surface area contributed by atoms with Crippen LogP contribution in [0.2, 0.25) is 0 Å². The molecule has 0 bridgehead atoms. The van der Waals surface area contributed by atoms with Gasteiger partial charge in [0.05, 0.1) is 18.8 Å². The van der Waals surface area contributed by atoms with Gasteiger partial charge in [0.1, 0.15) is 0 Å². The van der Waals surface area contributed by atoms with Crippen molar-refractivity contribution in [1.29, 1.82) is 0 Å². The largest absolute Gasteiger partial charge is 0.374 e. The van der Waals surface area contributed by atoms with Gasteiger partial charge in [-0.25, -0.2) is 0 Å². The second-order valence-electron chi connectivity index (χ2n) is 6.55. The van der Waals surface area contributed by atoms with Crippen LogP contribution in [0.15, 0.2) is 42.5 Å². The Morgan fingerprint density at radius 1 is 1.13 bits per heavy atom. The van der Waals surface area contributed by atoms with Gasteiger partial charge in [-0.15, -0.1) is 0 Å². The highest BCUT2D eigenvalue weighted by Crippen LogP contribution is 2.26. The summed E-state index contributed by atoms with van der Waals surface area (Å²) < 4.78 is 5.91. The van der Waals surface area contributed by atoms with Gasteiger partial charge < -0.3 is 14.5 Å². The van der Waals surface area contributed by atoms with E-state index in [-0.39, 0.29) is 18.1 Å². The van der Waals surface area contributed by atoms with Crippen LogP contribution in [0, 0.1) is 0 Å². The van der Waals surface area contributed by atoms with Gasteiger partial charge in [0.15, 0.2) is 0 Å². The second kappa shape index (κ2) is 5.95. The minimum atomic E-state index is 0.135. The van der Waals surface area contributed by atoms with E-state index in [0.29, 0.717) is 13.2 Å². The lowest BCUT2D eigenvalue weighted by molar-refractivity contribution is -0.0869. The van der Waals surface area contributed by atoms with Gasteiger partial charge in [0.25, 0.3) is 5.91 Å². The smallest absolute Gasteiger partial charge is 0.254 e. The monoisotopic (exact) mass is 310 g/mol. The molecule has 120 valence electrons. The highest BCUT2D eigenvalue weighted by molar-refractivity contribution is 6.07. The molecule has 2 aliphatic heterocycles. The number of benzene rings is 2. The molecular formula is C19H22N2O2. The number of fused-ring (bicyclic) bond motifs is 2. The fraction of sp³-hybridized carbons (Fsp3) is 0.421. The summed E-state index contributed by atoms with van der Waals surface area (Å²) in [4.78, 5) is 17.6. The summed E-state index contributed by atoms with van der Waals surface area (Å²) in [5.41, 5.74) is 0.803. The van der Waals surface area contributed by atoms with E-state index in [9.17, 15) is 4.79 Å². The molecule has 2 aromatic carbocycles. The van der Waals surface area contributed by atoms with Gasteiger partial charge in [0.2, 0.25) is 0 Å². The van der Waals surface area contributed by atoms with Crippen molar-refractivity contribution in [2.75, 3.05) is 33.3 Å². The van der Waals surface area contributed by atoms with Crippen LogP contribution >= 0.6 is 0 Å². The summed E-state index contributed by atoms with van der Waals surface area (Å²) in [6.07, 6.45) is 1.18. The molecule has 4 heteroatoms. The quantitative estimate of drug-likeness (QED) is 0.811. The number of hydrogen-bond acceptors (Lipinski definition) is 3. The van der Waals surface area contributed by atoms with Crippen molar-refractivity contribution in [2.24, 2.45) is 0 Å². The molecule has 0 aromatic heterocycles. The molecule has 4 nitrogen and oxygen atoms in total. The first-order valence-corrected chi connectivity index (χ1v) is 8.33. The van der Waals surface area contributed by atoms with Gasteiger partial charge in [-0.3, -0.25) is 4.79 Å². The summed E-state index contributed by atoms with van der Waals surface area (Å²) in [5.74, 6) is 0.135. The summed E-state index contributed by atoms with van der Waals surface area (Å²) in [6, 6.07) is 14.2. The molecule has 0 radical (unpaired) electrons. The van der Waals surface area contributed by atoms with Crippen molar-refractivity contribution < 1.29 is 9.53 Å². The Bertz CT molecular complexity index is 725. The highest BCUT2D eigenvalue weighted by Gasteiger charge is 2.38. The zero-order valence-corrected chi connectivity index (χ0v) is 13.4. The summed E-state index contributed by atoms with van der Waals surface area (Å²) in [5, 5.41) is 2.15. The third-order valence-electron chi connectivity index (χ3n) is 5.07. The van der Waals surface area contributed by atoms with Crippen molar-refractivity contribution in [2.45, 2.75) is 18.6 Å². The van der Waals surface area contributed by atoms with Gasteiger partial charge in [-0.2, -0.15) is 0 Å². The SMILES string of the molecule is CN1CCC2OCCN(C(=O)c3cccc4ccccc34)C2C1. The first-order chi connectivity index (χ1) is 11.2. The van der Waals surface area contributed by atoms with Crippen LogP contribution in [0.1, 0.15) is 16.8 Å². The van der Waals surface area contributed by atoms with Crippen LogP contribution in [0.4, 0.5) is 0 Å². The van der Waals surface area contributed by atoms with E-state index < -0.39 is 0 Å². The predicted octanol–water partition coefficient (Wildman–Crippen LogP) is 2.38. The minimum Gasteiger partial charge on any atom is -0.374 e. The molecule has 2 aromatic rings. The van der Waals surface area contributed by atoms with E-state index in [1.54, 1.807) is 0 Å². The minimum absolute atomic E-state index is 0.135. The highest BCUT2D eigenvalue weighted by atomic mass is 16.5. The van der Waals surface area contributed by atoms with Crippen LogP contribution in [0.5, 0.6) is 0 Å². The van der Waals surface area contributed by atoms with E-state index >= 15 is 0 Å². The molecule has 2 fully saturated rings. The Morgan fingerprint density at radius 2 is 1.96 bits per heavy atom. The lowest BCUT2D eigenvalue weighted by Gasteiger charge is -2.46. The first-order valence-electron chi connectivity index (χ1n) is 8.33. The fourth-order valence-electron chi connectivity index (χ4n) is 3.85. The number of carbonyl (C=O) groups excluding carboxylic acids is 1. The van der Waals surface area contributed by atoms with Crippen LogP contribution in [-0.2, 0) is 4.74 Å². The molecular weight excluding hydrogens is 288 g/mol. The van der Waals surface area contributed by atoms with E-state index in [1.165, 1.54) is 0 Å². The van der Waals surface area contributed by atoms with Gasteiger partial charge in [0, 0.05) is 25.2 Å². The maximum absolute atomic E-state index is 13.2. The van der Waals surface area contributed by atoms with Gasteiger partial charge >= 0.3 is 0 Å². The number of nitrogens with zero attached hydrogens (tertiary/aromatic N) is 2. The lowest BCUT2D eigenvalue weighted by Crippen LogP contribution is -2.60. The van der Waals surface area contributed by atoms with E-state index in [4.69, 9.17) is 4.74 Å². The van der Waals surface area contributed by atoms with Gasteiger partial charge in [-0.1, -0.05) is 36.4 Å². The average Bonchev–Trinajstić information content (AvgIpc) is 2.60. The van der Waals surface area contributed by atoms with Crippen LogP contribution < -0.4 is 0 Å². The zero-order valence-electron chi connectivity index (χ0n) is 13.4. The number of carbonyl (C=O) groups is 1. The number of piperidine rings is 1. The summed E-state index contributed by atoms with van der Waals surface area (Å²) in [6.45, 7) is 3.25. The van der Waals surface area contributed by atoms with Crippen molar-refractivity contribution in [3.8, 4) is 0 Å². The Kier molecular flexibility index (Phi) is 3.79. The molecule has 23 heavy (non-hydrogen) atoms. The summed E-state index contributed by atoms with van der Waals surface area (Å²) in [7, 11) is 2.12. The maximum Gasteiger partial charge on any atom is 0.254 e. The molecule has 2 heterocycles. The topological polar surface area (TPSA) is 32.8 Å². The number of likely N-dealkylation sites (N-methyl/N-ethyl adjacent to an activating group) is 1. The molecule has 2 unspecified atom stereocenters. The van der Waals surface area contributed by atoms with Crippen molar-refractivity contribution in [3.05, 3.63) is 48.0 Å². The fourth-order valence-corrected chi connectivity index (χ4v) is 3.85. The van der Waals surface area contributed by atoms with Crippen molar-refractivity contribution in [3.63, 3.8) is 0 Å². The number of ether oxygens (including phenoxy) is 1. The van der Waals surface area contributed by atoms with Crippen molar-refractivity contribution >= 4 is 16.7 Å². The van der Waals surface area contributed by atoms with E-state index in [2.05, 4.69) is 24.1 Å². The zero-order chi connectivity index (χ0) is 15.8. The lowest BCUT2D eigenvalue weighted by atomic mass is 9.97. The maximum atomic E-state index is 13.2. The Balaban J connectivity index is 1.69. The molecule has 0 saturated carbocycles. The average molecular weight is 310 g/mol. The molecule has 0 spiro atoms. The van der Waals surface area contributed by atoms with E-state index in [0.717, 1.165) is 35.8 Å². The number of amides is 1. The van der Waals surface area contributed by atoms with E-state index in [1.807, 2.05) is 35.2 Å². The number of likely N-dealkylation sites (tertiary alicyclic amines) is 1. The number of rotatable bonds is 1. The third-order valence-corrected chi connectivity index (χ3v) is 5.07. The summed E-state index contributed by atoms with van der Waals surface area (Å²) >= 11 is 0. The molecule has 2 atom stereocenters. The van der Waals surface area contributed by atoms with Crippen LogP contribution in [-0.4, -0.2) is 61.1 Å². The van der Waals surface area contributed by atoms with Crippen LogP contribution in [0.25, 0.3) is 10.8 Å². The Labute approximate surface area is 136 Å². The molecule has 0 aliphatic carbocycles. The third kappa shape index (κ3) is 2.62. The van der Waals surface area contributed by atoms with Crippen molar-refractivity contribution in [1.82, 2.24) is 9.80 Å². The number of hydrogen-bond donors (Lipinski definition) is 0. The molecule has 1 amide bonds. The second-order valence-corrected chi connectivity index (χ2v) is 6.55. The Morgan fingerprint density at radius 3 is 2.87 bits per heavy atom. The molecule has 4 rings (SSSR count). The molecule has 0 N–H and O–H groups in total. The van der Waals surface area contributed by atoms with Gasteiger partial charge in [-0.05, 0) is 30.3 Å². The number of morpholine rings is 1. The standard InChI is InChI=1S/C19H22N2O2/c1-20-10-9-18-17(13-20)21(11-12-23-18)19(22)16-8-4-6-14-5-2-3-7-15(14)16/h2-8,17-18H,9-13H2,1H3.